The van der Waals surface area contributed by atoms with E-state index in [2.05, 4.69) is 4.74 Å². The van der Waals surface area contributed by atoms with E-state index in [-0.39, 0.29) is 6.42 Å². The molecular formula is C8H12F4O2. The van der Waals surface area contributed by atoms with Gasteiger partial charge in [-0.05, 0) is 6.42 Å². The van der Waals surface area contributed by atoms with E-state index in [9.17, 15) is 22.4 Å². The van der Waals surface area contributed by atoms with Crippen molar-refractivity contribution in [3.63, 3.8) is 0 Å². The highest BCUT2D eigenvalue weighted by Crippen LogP contribution is 2.38. The molecule has 1 unspecified atom stereocenters. The molecule has 0 N–H and O–H groups in total. The maximum Gasteiger partial charge on any atom is 0.433 e. The van der Waals surface area contributed by atoms with Crippen molar-refractivity contribution >= 4 is 5.97 Å². The molecule has 0 aromatic rings. The molecule has 0 amide bonds. The fourth-order valence-electron chi connectivity index (χ4n) is 0.942. The molecule has 2 nitrogen and oxygen atoms in total. The molecule has 0 heterocycles. The van der Waals surface area contributed by atoms with Crippen LogP contribution in [0.5, 0.6) is 0 Å². The Balaban J connectivity index is 4.76. The van der Waals surface area contributed by atoms with Gasteiger partial charge in [0.2, 0.25) is 0 Å². The first-order valence-corrected chi connectivity index (χ1v) is 4.13. The minimum absolute atomic E-state index is 0.0227. The number of rotatable bonds is 4. The number of hydrogen-bond donors (Lipinski definition) is 0. The molecule has 0 saturated carbocycles. The van der Waals surface area contributed by atoms with E-state index in [4.69, 9.17) is 0 Å². The molecule has 6 heteroatoms. The second-order valence-electron chi connectivity index (χ2n) is 2.89. The van der Waals surface area contributed by atoms with E-state index in [0.717, 1.165) is 7.11 Å². The van der Waals surface area contributed by atoms with Gasteiger partial charge in [-0.25, -0.2) is 9.18 Å². The molecule has 0 aliphatic carbocycles. The van der Waals surface area contributed by atoms with Gasteiger partial charge in [-0.3, -0.25) is 0 Å². The average Bonchev–Trinajstić information content (AvgIpc) is 2.10. The fraction of sp³-hybridized carbons (Fsp3) is 0.875. The summed E-state index contributed by atoms with van der Waals surface area (Å²) in [7, 11) is 0.731. The lowest BCUT2D eigenvalue weighted by Crippen LogP contribution is -2.48. The van der Waals surface area contributed by atoms with E-state index >= 15 is 0 Å². The second-order valence-corrected chi connectivity index (χ2v) is 2.89. The van der Waals surface area contributed by atoms with Crippen LogP contribution >= 0.6 is 0 Å². The molecule has 1 atom stereocenters. The minimum Gasteiger partial charge on any atom is -0.466 e. The van der Waals surface area contributed by atoms with E-state index in [1.807, 2.05) is 0 Å². The van der Waals surface area contributed by atoms with Gasteiger partial charge in [0, 0.05) is 6.42 Å². The summed E-state index contributed by atoms with van der Waals surface area (Å²) in [6.07, 6.45) is -5.75. The lowest BCUT2D eigenvalue weighted by atomic mass is 9.98. The number of methoxy groups -OCH3 is 1. The van der Waals surface area contributed by atoms with Crippen LogP contribution in [0.3, 0.4) is 0 Å². The molecule has 84 valence electrons. The number of alkyl halides is 4. The Bertz CT molecular complexity index is 202. The van der Waals surface area contributed by atoms with E-state index in [0.29, 0.717) is 6.42 Å². The molecule has 0 radical (unpaired) electrons. The minimum atomic E-state index is -5.21. The molecule has 0 aliphatic heterocycles. The Hall–Kier alpha value is -0.810. The van der Waals surface area contributed by atoms with Crippen LogP contribution in [0.4, 0.5) is 17.6 Å². The van der Waals surface area contributed by atoms with Gasteiger partial charge in [-0.15, -0.1) is 0 Å². The van der Waals surface area contributed by atoms with Crippen LogP contribution in [0.25, 0.3) is 0 Å². The van der Waals surface area contributed by atoms with E-state index in [1.165, 1.54) is 0 Å². The van der Waals surface area contributed by atoms with Crippen LogP contribution < -0.4 is 0 Å². The van der Waals surface area contributed by atoms with Crippen molar-refractivity contribution in [1.82, 2.24) is 0 Å². The predicted octanol–water partition coefficient (Wildman–Crippen LogP) is 2.62. The molecule has 0 bridgehead atoms. The summed E-state index contributed by atoms with van der Waals surface area (Å²) in [5, 5.41) is 0. The van der Waals surface area contributed by atoms with Crippen LogP contribution in [0.15, 0.2) is 0 Å². The quantitative estimate of drug-likeness (QED) is 0.533. The van der Waals surface area contributed by atoms with Gasteiger partial charge in [0.15, 0.2) is 0 Å². The standard InChI is InChI=1S/C8H12F4O2/c1-3-4-5-7(9,6(13)14-2)8(10,11)12/h3-5H2,1-2H3. The summed E-state index contributed by atoms with van der Waals surface area (Å²) < 4.78 is 53.7. The van der Waals surface area contributed by atoms with E-state index < -0.39 is 24.2 Å². The van der Waals surface area contributed by atoms with Crippen molar-refractivity contribution in [1.29, 1.82) is 0 Å². The summed E-state index contributed by atoms with van der Waals surface area (Å²) in [6, 6.07) is 0. The number of ether oxygens (including phenoxy) is 1. The molecule has 0 aromatic heterocycles. The van der Waals surface area contributed by atoms with Gasteiger partial charge >= 0.3 is 17.8 Å². The third-order valence-electron chi connectivity index (χ3n) is 1.83. The first-order valence-electron chi connectivity index (χ1n) is 4.13. The topological polar surface area (TPSA) is 26.3 Å². The number of carbonyl (C=O) groups excluding carboxylic acids is 1. The number of unbranched alkanes of at least 4 members (excludes halogenated alkanes) is 1. The van der Waals surface area contributed by atoms with Gasteiger partial charge in [0.25, 0.3) is 0 Å². The fourth-order valence-corrected chi connectivity index (χ4v) is 0.942. The number of hydrogen-bond acceptors (Lipinski definition) is 2. The Morgan fingerprint density at radius 1 is 1.29 bits per heavy atom. The monoisotopic (exact) mass is 216 g/mol. The Morgan fingerprint density at radius 2 is 1.79 bits per heavy atom. The molecule has 14 heavy (non-hydrogen) atoms. The van der Waals surface area contributed by atoms with Crippen LogP contribution in [0.1, 0.15) is 26.2 Å². The highest BCUT2D eigenvalue weighted by molar-refractivity contribution is 5.80. The van der Waals surface area contributed by atoms with Crippen molar-refractivity contribution in [2.24, 2.45) is 0 Å². The predicted molar refractivity (Wildman–Crippen MR) is 41.4 cm³/mol. The van der Waals surface area contributed by atoms with Gasteiger partial charge < -0.3 is 4.74 Å². The van der Waals surface area contributed by atoms with Crippen LogP contribution in [0.2, 0.25) is 0 Å². The van der Waals surface area contributed by atoms with Crippen molar-refractivity contribution in [3.8, 4) is 0 Å². The van der Waals surface area contributed by atoms with Crippen LogP contribution in [-0.2, 0) is 9.53 Å². The van der Waals surface area contributed by atoms with Gasteiger partial charge in [-0.1, -0.05) is 13.3 Å². The highest BCUT2D eigenvalue weighted by Gasteiger charge is 2.62. The maximum atomic E-state index is 13.3. The average molecular weight is 216 g/mol. The summed E-state index contributed by atoms with van der Waals surface area (Å²) in [6.45, 7) is 1.61. The summed E-state index contributed by atoms with van der Waals surface area (Å²) in [5.41, 5.74) is -3.86. The third-order valence-corrected chi connectivity index (χ3v) is 1.83. The SMILES string of the molecule is CCCCC(F)(C(=O)OC)C(F)(F)F. The van der Waals surface area contributed by atoms with Crippen LogP contribution in [0, 0.1) is 0 Å². The molecule has 0 aliphatic rings. The highest BCUT2D eigenvalue weighted by atomic mass is 19.4. The largest absolute Gasteiger partial charge is 0.466 e. The van der Waals surface area contributed by atoms with E-state index in [1.54, 1.807) is 6.92 Å². The third kappa shape index (κ3) is 2.59. The Labute approximate surface area is 79.2 Å². The zero-order valence-electron chi connectivity index (χ0n) is 7.95. The smallest absolute Gasteiger partial charge is 0.433 e. The molecular weight excluding hydrogens is 204 g/mol. The number of halogens is 4. The lowest BCUT2D eigenvalue weighted by molar-refractivity contribution is -0.239. The van der Waals surface area contributed by atoms with Gasteiger partial charge in [0.05, 0.1) is 7.11 Å². The number of esters is 1. The first-order chi connectivity index (χ1) is 6.29. The first kappa shape index (κ1) is 13.2. The second kappa shape index (κ2) is 4.61. The van der Waals surface area contributed by atoms with Crippen molar-refractivity contribution in [2.45, 2.75) is 38.0 Å². The molecule has 0 rings (SSSR count). The molecule has 0 fully saturated rings. The maximum absolute atomic E-state index is 13.3. The van der Waals surface area contributed by atoms with Crippen molar-refractivity contribution < 1.29 is 27.1 Å². The van der Waals surface area contributed by atoms with Crippen LogP contribution in [-0.4, -0.2) is 24.9 Å². The lowest BCUT2D eigenvalue weighted by Gasteiger charge is -2.24. The zero-order valence-corrected chi connectivity index (χ0v) is 7.95. The normalized spacial score (nSPS) is 16.1. The number of carbonyl (C=O) groups is 1. The molecule has 0 spiro atoms. The van der Waals surface area contributed by atoms with Gasteiger partial charge in [-0.2, -0.15) is 13.2 Å². The Kier molecular flexibility index (Phi) is 4.35. The van der Waals surface area contributed by atoms with Gasteiger partial charge in [0.1, 0.15) is 0 Å². The summed E-state index contributed by atoms with van der Waals surface area (Å²) in [4.78, 5) is 10.7. The Morgan fingerprint density at radius 3 is 2.07 bits per heavy atom. The zero-order chi connectivity index (χ0) is 11.4. The molecule has 0 aromatic carbocycles. The molecule has 0 saturated heterocycles. The van der Waals surface area contributed by atoms with Crippen molar-refractivity contribution in [3.05, 3.63) is 0 Å². The van der Waals surface area contributed by atoms with Crippen molar-refractivity contribution in [2.75, 3.05) is 7.11 Å². The summed E-state index contributed by atoms with van der Waals surface area (Å²) in [5.74, 6) is -1.88. The summed E-state index contributed by atoms with van der Waals surface area (Å²) >= 11 is 0.